The van der Waals surface area contributed by atoms with E-state index in [1.54, 1.807) is 6.07 Å². The molecule has 1 N–H and O–H groups in total. The molecule has 0 spiro atoms. The van der Waals surface area contributed by atoms with Crippen LogP contribution in [0, 0.1) is 11.7 Å². The van der Waals surface area contributed by atoms with E-state index in [-0.39, 0.29) is 5.82 Å². The fourth-order valence-corrected chi connectivity index (χ4v) is 3.82. The van der Waals surface area contributed by atoms with Crippen molar-refractivity contribution >= 4 is 15.9 Å². The number of benzene rings is 2. The maximum atomic E-state index is 13.2. The first-order chi connectivity index (χ1) is 10.2. The summed E-state index contributed by atoms with van der Waals surface area (Å²) in [7, 11) is 2.02. The summed E-state index contributed by atoms with van der Waals surface area (Å²) in [5.74, 6) is 0.407. The molecule has 1 aliphatic carbocycles. The third-order valence-corrected chi connectivity index (χ3v) is 5.22. The Kier molecular flexibility index (Phi) is 4.41. The van der Waals surface area contributed by atoms with Gasteiger partial charge >= 0.3 is 0 Å². The van der Waals surface area contributed by atoms with Crippen LogP contribution in [0.4, 0.5) is 4.39 Å². The Morgan fingerprint density at radius 1 is 1.19 bits per heavy atom. The summed E-state index contributed by atoms with van der Waals surface area (Å²) in [5, 5.41) is 3.45. The van der Waals surface area contributed by atoms with Crippen LogP contribution in [0.2, 0.25) is 0 Å². The zero-order valence-corrected chi connectivity index (χ0v) is 13.7. The fourth-order valence-electron chi connectivity index (χ4n) is 3.31. The number of likely N-dealkylation sites (N-methyl/N-ethyl adjacent to an activating group) is 1. The summed E-state index contributed by atoms with van der Waals surface area (Å²) in [6, 6.07) is 14.1. The molecule has 0 heterocycles. The van der Waals surface area contributed by atoms with E-state index in [1.165, 1.54) is 17.2 Å². The van der Waals surface area contributed by atoms with Crippen molar-refractivity contribution in [3.8, 4) is 0 Å². The highest BCUT2D eigenvalue weighted by atomic mass is 79.9. The Morgan fingerprint density at radius 3 is 2.43 bits per heavy atom. The van der Waals surface area contributed by atoms with Gasteiger partial charge in [-0.1, -0.05) is 46.3 Å². The van der Waals surface area contributed by atoms with Gasteiger partial charge < -0.3 is 5.32 Å². The van der Waals surface area contributed by atoms with E-state index in [0.29, 0.717) is 12.0 Å². The topological polar surface area (TPSA) is 12.0 Å². The second-order valence-electron chi connectivity index (χ2n) is 5.77. The van der Waals surface area contributed by atoms with Crippen molar-refractivity contribution in [3.05, 3.63) is 69.4 Å². The van der Waals surface area contributed by atoms with E-state index in [4.69, 9.17) is 0 Å². The van der Waals surface area contributed by atoms with E-state index < -0.39 is 0 Å². The van der Waals surface area contributed by atoms with Crippen LogP contribution in [0.3, 0.4) is 0 Å². The highest BCUT2D eigenvalue weighted by molar-refractivity contribution is 9.10. The van der Waals surface area contributed by atoms with Crippen LogP contribution in [0.25, 0.3) is 0 Å². The normalized spacial score (nSPS) is 16.0. The SMILES string of the molecule is CNC(Cc1ccc(F)cc1Br)C1Cc2ccccc2C1. The highest BCUT2D eigenvalue weighted by Crippen LogP contribution is 2.31. The van der Waals surface area contributed by atoms with Gasteiger partial charge in [0.05, 0.1) is 0 Å². The molecule has 1 aliphatic rings. The molecule has 2 aromatic carbocycles. The maximum absolute atomic E-state index is 13.2. The van der Waals surface area contributed by atoms with Crippen LogP contribution < -0.4 is 5.32 Å². The molecule has 0 saturated heterocycles. The van der Waals surface area contributed by atoms with Gasteiger partial charge in [0.25, 0.3) is 0 Å². The number of hydrogen-bond acceptors (Lipinski definition) is 1. The molecule has 0 saturated carbocycles. The third-order valence-electron chi connectivity index (χ3n) is 4.48. The summed E-state index contributed by atoms with van der Waals surface area (Å²) in [6.07, 6.45) is 3.16. The van der Waals surface area contributed by atoms with Crippen molar-refractivity contribution in [1.82, 2.24) is 5.32 Å². The predicted octanol–water partition coefficient (Wildman–Crippen LogP) is 4.13. The number of rotatable bonds is 4. The van der Waals surface area contributed by atoms with Gasteiger partial charge in [-0.05, 0) is 61.1 Å². The first kappa shape index (κ1) is 14.7. The molecule has 1 nitrogen and oxygen atoms in total. The molecule has 2 aromatic rings. The summed E-state index contributed by atoms with van der Waals surface area (Å²) >= 11 is 3.47. The number of hydrogen-bond donors (Lipinski definition) is 1. The van der Waals surface area contributed by atoms with Crippen molar-refractivity contribution in [3.63, 3.8) is 0 Å². The number of nitrogens with one attached hydrogen (secondary N) is 1. The Labute approximate surface area is 133 Å². The minimum absolute atomic E-state index is 0.195. The maximum Gasteiger partial charge on any atom is 0.124 e. The van der Waals surface area contributed by atoms with Crippen LogP contribution in [-0.4, -0.2) is 13.1 Å². The van der Waals surface area contributed by atoms with Crippen LogP contribution >= 0.6 is 15.9 Å². The van der Waals surface area contributed by atoms with Gasteiger partial charge in [-0.2, -0.15) is 0 Å². The molecule has 21 heavy (non-hydrogen) atoms. The molecule has 0 bridgehead atoms. The first-order valence-electron chi connectivity index (χ1n) is 7.35. The minimum atomic E-state index is -0.195. The Morgan fingerprint density at radius 2 is 1.86 bits per heavy atom. The van der Waals surface area contributed by atoms with Crippen molar-refractivity contribution < 1.29 is 4.39 Å². The lowest BCUT2D eigenvalue weighted by atomic mass is 9.91. The van der Waals surface area contributed by atoms with Crippen LogP contribution in [-0.2, 0) is 19.3 Å². The lowest BCUT2D eigenvalue weighted by Crippen LogP contribution is -2.36. The number of halogens is 2. The van der Waals surface area contributed by atoms with E-state index in [0.717, 1.165) is 29.3 Å². The standard InChI is InChI=1S/C18H19BrFN/c1-21-18(10-14-6-7-16(20)11-17(14)19)15-8-12-4-2-3-5-13(12)9-15/h2-7,11,15,18,21H,8-10H2,1H3. The number of fused-ring (bicyclic) bond motifs is 1. The molecule has 0 fully saturated rings. The van der Waals surface area contributed by atoms with E-state index in [9.17, 15) is 4.39 Å². The Hall–Kier alpha value is -1.19. The van der Waals surface area contributed by atoms with Gasteiger partial charge in [0.1, 0.15) is 5.82 Å². The average Bonchev–Trinajstić information content (AvgIpc) is 2.90. The summed E-state index contributed by atoms with van der Waals surface area (Å²) < 4.78 is 14.1. The molecular weight excluding hydrogens is 329 g/mol. The van der Waals surface area contributed by atoms with Crippen LogP contribution in [0.1, 0.15) is 16.7 Å². The Bertz CT molecular complexity index is 616. The lowest BCUT2D eigenvalue weighted by molar-refractivity contribution is 0.383. The summed E-state index contributed by atoms with van der Waals surface area (Å²) in [5.41, 5.74) is 4.11. The monoisotopic (exact) mass is 347 g/mol. The molecule has 0 aromatic heterocycles. The third kappa shape index (κ3) is 3.19. The quantitative estimate of drug-likeness (QED) is 0.876. The van der Waals surface area contributed by atoms with Crippen LogP contribution in [0.15, 0.2) is 46.9 Å². The summed E-state index contributed by atoms with van der Waals surface area (Å²) in [6.45, 7) is 0. The smallest absolute Gasteiger partial charge is 0.124 e. The first-order valence-corrected chi connectivity index (χ1v) is 8.14. The molecule has 0 amide bonds. The zero-order chi connectivity index (χ0) is 14.8. The van der Waals surface area contributed by atoms with Gasteiger partial charge in [-0.25, -0.2) is 4.39 Å². The van der Waals surface area contributed by atoms with Crippen molar-refractivity contribution in [2.24, 2.45) is 5.92 Å². The van der Waals surface area contributed by atoms with Gasteiger partial charge in [0, 0.05) is 10.5 Å². The second-order valence-corrected chi connectivity index (χ2v) is 6.63. The molecule has 0 radical (unpaired) electrons. The molecule has 1 unspecified atom stereocenters. The largest absolute Gasteiger partial charge is 0.316 e. The zero-order valence-electron chi connectivity index (χ0n) is 12.1. The molecular formula is C18H19BrFN. The lowest BCUT2D eigenvalue weighted by Gasteiger charge is -2.23. The van der Waals surface area contributed by atoms with E-state index >= 15 is 0 Å². The molecule has 110 valence electrons. The van der Waals surface area contributed by atoms with Crippen molar-refractivity contribution in [1.29, 1.82) is 0 Å². The average molecular weight is 348 g/mol. The van der Waals surface area contributed by atoms with Gasteiger partial charge in [0.15, 0.2) is 0 Å². The van der Waals surface area contributed by atoms with Crippen LogP contribution in [0.5, 0.6) is 0 Å². The Balaban J connectivity index is 1.75. The van der Waals surface area contributed by atoms with E-state index in [2.05, 4.69) is 45.5 Å². The predicted molar refractivity (Wildman–Crippen MR) is 88.0 cm³/mol. The van der Waals surface area contributed by atoms with Gasteiger partial charge in [-0.15, -0.1) is 0 Å². The van der Waals surface area contributed by atoms with E-state index in [1.807, 2.05) is 13.1 Å². The molecule has 3 heteroatoms. The molecule has 1 atom stereocenters. The minimum Gasteiger partial charge on any atom is -0.316 e. The van der Waals surface area contributed by atoms with Crippen molar-refractivity contribution in [2.75, 3.05) is 7.05 Å². The molecule has 3 rings (SSSR count). The van der Waals surface area contributed by atoms with Crippen molar-refractivity contribution in [2.45, 2.75) is 25.3 Å². The van der Waals surface area contributed by atoms with Gasteiger partial charge in [-0.3, -0.25) is 0 Å². The highest BCUT2D eigenvalue weighted by Gasteiger charge is 2.28. The van der Waals surface area contributed by atoms with Gasteiger partial charge in [0.2, 0.25) is 0 Å². The fraction of sp³-hybridized carbons (Fsp3) is 0.333. The summed E-state index contributed by atoms with van der Waals surface area (Å²) in [4.78, 5) is 0. The molecule has 0 aliphatic heterocycles. The second kappa shape index (κ2) is 6.29.